The molecule has 2 aromatic carbocycles. The van der Waals surface area contributed by atoms with Crippen molar-refractivity contribution in [1.29, 1.82) is 0 Å². The lowest BCUT2D eigenvalue weighted by Gasteiger charge is -2.01. The highest BCUT2D eigenvalue weighted by Crippen LogP contribution is 2.30. The predicted molar refractivity (Wildman–Crippen MR) is 96.1 cm³/mol. The molecule has 2 nitrogen and oxygen atoms in total. The van der Waals surface area contributed by atoms with Gasteiger partial charge < -0.3 is 4.74 Å². The fourth-order valence-corrected chi connectivity index (χ4v) is 3.14. The molecule has 0 aliphatic rings. The van der Waals surface area contributed by atoms with Gasteiger partial charge in [0, 0.05) is 4.88 Å². The zero-order chi connectivity index (χ0) is 16.1. The first kappa shape index (κ1) is 15.3. The third kappa shape index (κ3) is 3.76. The Hall–Kier alpha value is -2.65. The summed E-state index contributed by atoms with van der Waals surface area (Å²) in [6, 6.07) is 21.5. The van der Waals surface area contributed by atoms with Crippen LogP contribution in [0.2, 0.25) is 0 Å². The van der Waals surface area contributed by atoms with Crippen LogP contribution < -0.4 is 4.74 Å². The van der Waals surface area contributed by atoms with Crippen molar-refractivity contribution in [2.24, 2.45) is 0 Å². The van der Waals surface area contributed by atoms with Crippen LogP contribution in [0.3, 0.4) is 0 Å². The van der Waals surface area contributed by atoms with Crippen molar-refractivity contribution in [3.8, 4) is 16.2 Å². The number of benzene rings is 2. The highest BCUT2D eigenvalue weighted by molar-refractivity contribution is 7.17. The van der Waals surface area contributed by atoms with Crippen LogP contribution >= 0.6 is 11.3 Å². The molecule has 0 amide bonds. The minimum absolute atomic E-state index is 0.0213. The fraction of sp³-hybridized carbons (Fsp3) is 0.0500. The van der Waals surface area contributed by atoms with Gasteiger partial charge in [0.1, 0.15) is 5.75 Å². The number of methoxy groups -OCH3 is 1. The van der Waals surface area contributed by atoms with Gasteiger partial charge in [-0.1, -0.05) is 48.5 Å². The van der Waals surface area contributed by atoms with Crippen LogP contribution in [0.5, 0.6) is 5.75 Å². The Morgan fingerprint density at radius 3 is 2.61 bits per heavy atom. The number of allylic oxidation sites excluding steroid dienone is 1. The summed E-state index contributed by atoms with van der Waals surface area (Å²) in [6.45, 7) is 0. The van der Waals surface area contributed by atoms with Crippen LogP contribution in [-0.4, -0.2) is 12.9 Å². The second-order valence-corrected chi connectivity index (χ2v) is 6.09. The molecule has 3 rings (SSSR count). The minimum atomic E-state index is 0.0213. The van der Waals surface area contributed by atoms with E-state index in [1.165, 1.54) is 11.3 Å². The van der Waals surface area contributed by atoms with E-state index in [2.05, 4.69) is 0 Å². The van der Waals surface area contributed by atoms with Gasteiger partial charge in [0.2, 0.25) is 0 Å². The van der Waals surface area contributed by atoms with Crippen molar-refractivity contribution >= 4 is 23.2 Å². The van der Waals surface area contributed by atoms with E-state index in [9.17, 15) is 4.79 Å². The molecule has 0 aliphatic carbocycles. The quantitative estimate of drug-likeness (QED) is 0.470. The van der Waals surface area contributed by atoms with Gasteiger partial charge in [-0.3, -0.25) is 4.79 Å². The minimum Gasteiger partial charge on any atom is -0.497 e. The first-order valence-corrected chi connectivity index (χ1v) is 8.09. The molecule has 0 aliphatic heterocycles. The molecule has 114 valence electrons. The van der Waals surface area contributed by atoms with Crippen molar-refractivity contribution in [3.05, 3.63) is 83.2 Å². The topological polar surface area (TPSA) is 26.3 Å². The Kier molecular flexibility index (Phi) is 4.69. The van der Waals surface area contributed by atoms with Crippen molar-refractivity contribution in [2.75, 3.05) is 7.11 Å². The van der Waals surface area contributed by atoms with Crippen LogP contribution in [0.4, 0.5) is 0 Å². The number of ether oxygens (including phenoxy) is 1. The molecule has 0 saturated carbocycles. The lowest BCUT2D eigenvalue weighted by Crippen LogP contribution is -1.88. The first-order valence-electron chi connectivity index (χ1n) is 7.28. The summed E-state index contributed by atoms with van der Waals surface area (Å²) in [5.41, 5.74) is 2.07. The van der Waals surface area contributed by atoms with Crippen molar-refractivity contribution in [2.45, 2.75) is 0 Å². The Morgan fingerprint density at radius 2 is 1.83 bits per heavy atom. The van der Waals surface area contributed by atoms with Crippen LogP contribution in [0.15, 0.2) is 72.8 Å². The van der Waals surface area contributed by atoms with E-state index in [1.54, 1.807) is 13.2 Å². The molecule has 3 aromatic rings. The van der Waals surface area contributed by atoms with E-state index in [-0.39, 0.29) is 5.78 Å². The maximum Gasteiger partial charge on any atom is 0.195 e. The zero-order valence-electron chi connectivity index (χ0n) is 12.7. The Bertz CT molecular complexity index is 832. The Morgan fingerprint density at radius 1 is 1.00 bits per heavy atom. The number of hydrogen-bond acceptors (Lipinski definition) is 3. The second kappa shape index (κ2) is 7.07. The standard InChI is InChI=1S/C20H16O2S/c1-22-17-9-5-8-16(14-17)19-12-13-20(23-19)18(21)11-10-15-6-3-2-4-7-15/h2-14H,1H3/b11-10+. The summed E-state index contributed by atoms with van der Waals surface area (Å²) in [7, 11) is 1.65. The molecule has 0 atom stereocenters. The third-order valence-corrected chi connectivity index (χ3v) is 4.58. The molecule has 0 spiro atoms. The van der Waals surface area contributed by atoms with E-state index in [1.807, 2.05) is 72.8 Å². The molecule has 23 heavy (non-hydrogen) atoms. The molecule has 1 heterocycles. The molecule has 0 radical (unpaired) electrons. The highest BCUT2D eigenvalue weighted by Gasteiger charge is 2.08. The maximum absolute atomic E-state index is 12.3. The van der Waals surface area contributed by atoms with Crippen molar-refractivity contribution in [3.63, 3.8) is 0 Å². The average Bonchev–Trinajstić information content (AvgIpc) is 3.11. The highest BCUT2D eigenvalue weighted by atomic mass is 32.1. The normalized spacial score (nSPS) is 10.8. The molecular formula is C20H16O2S. The van der Waals surface area contributed by atoms with Gasteiger partial charge in [0.05, 0.1) is 12.0 Å². The fourth-order valence-electron chi connectivity index (χ4n) is 2.22. The second-order valence-electron chi connectivity index (χ2n) is 5.00. The number of carbonyl (C=O) groups is 1. The van der Waals surface area contributed by atoms with Crippen LogP contribution in [-0.2, 0) is 0 Å². The van der Waals surface area contributed by atoms with Crippen molar-refractivity contribution < 1.29 is 9.53 Å². The Balaban J connectivity index is 1.78. The largest absolute Gasteiger partial charge is 0.497 e. The van der Waals surface area contributed by atoms with Gasteiger partial charge in [-0.15, -0.1) is 11.3 Å². The molecule has 3 heteroatoms. The van der Waals surface area contributed by atoms with E-state index in [4.69, 9.17) is 4.74 Å². The summed E-state index contributed by atoms with van der Waals surface area (Å²) in [4.78, 5) is 14.1. The zero-order valence-corrected chi connectivity index (χ0v) is 13.5. The van der Waals surface area contributed by atoms with Gasteiger partial charge in [0.15, 0.2) is 5.78 Å². The van der Waals surface area contributed by atoms with Crippen LogP contribution in [0.1, 0.15) is 15.2 Å². The van der Waals surface area contributed by atoms with E-state index in [0.29, 0.717) is 0 Å². The summed E-state index contributed by atoms with van der Waals surface area (Å²) in [5, 5.41) is 0. The summed E-state index contributed by atoms with van der Waals surface area (Å²) >= 11 is 1.49. The number of rotatable bonds is 5. The predicted octanol–water partition coefficient (Wildman–Crippen LogP) is 5.32. The number of hydrogen-bond donors (Lipinski definition) is 0. The third-order valence-electron chi connectivity index (χ3n) is 3.43. The molecule has 1 aromatic heterocycles. The maximum atomic E-state index is 12.3. The van der Waals surface area contributed by atoms with E-state index in [0.717, 1.165) is 26.6 Å². The Labute approximate surface area is 139 Å². The van der Waals surface area contributed by atoms with E-state index < -0.39 is 0 Å². The molecule has 0 saturated heterocycles. The lowest BCUT2D eigenvalue weighted by atomic mass is 10.1. The van der Waals surface area contributed by atoms with Gasteiger partial charge in [0.25, 0.3) is 0 Å². The summed E-state index contributed by atoms with van der Waals surface area (Å²) in [5.74, 6) is 0.834. The summed E-state index contributed by atoms with van der Waals surface area (Å²) in [6.07, 6.45) is 3.46. The molecule has 0 fully saturated rings. The summed E-state index contributed by atoms with van der Waals surface area (Å²) < 4.78 is 5.24. The smallest absolute Gasteiger partial charge is 0.195 e. The van der Waals surface area contributed by atoms with E-state index >= 15 is 0 Å². The monoisotopic (exact) mass is 320 g/mol. The number of ketones is 1. The average molecular weight is 320 g/mol. The van der Waals surface area contributed by atoms with Gasteiger partial charge in [-0.25, -0.2) is 0 Å². The van der Waals surface area contributed by atoms with Crippen LogP contribution in [0, 0.1) is 0 Å². The molecule has 0 bridgehead atoms. The number of thiophene rings is 1. The van der Waals surface area contributed by atoms with Crippen molar-refractivity contribution in [1.82, 2.24) is 0 Å². The number of carbonyl (C=O) groups excluding carboxylic acids is 1. The molecular weight excluding hydrogens is 304 g/mol. The van der Waals surface area contributed by atoms with Gasteiger partial charge in [-0.2, -0.15) is 0 Å². The molecule has 0 N–H and O–H groups in total. The van der Waals surface area contributed by atoms with Gasteiger partial charge >= 0.3 is 0 Å². The first-order chi connectivity index (χ1) is 11.3. The van der Waals surface area contributed by atoms with Crippen LogP contribution in [0.25, 0.3) is 16.5 Å². The van der Waals surface area contributed by atoms with Gasteiger partial charge in [-0.05, 0) is 41.5 Å². The molecule has 0 unspecified atom stereocenters. The SMILES string of the molecule is COc1cccc(-c2ccc(C(=O)/C=C/c3ccccc3)s2)c1. The lowest BCUT2D eigenvalue weighted by molar-refractivity contribution is 0.105.